The number of fused-ring (bicyclic) bond motifs is 1. The predicted molar refractivity (Wildman–Crippen MR) is 195 cm³/mol. The number of allylic oxidation sites excluding steroid dienone is 5. The third kappa shape index (κ3) is 6.93. The van der Waals surface area contributed by atoms with Gasteiger partial charge in [0, 0.05) is 0 Å². The first kappa shape index (κ1) is 33.8. The Labute approximate surface area is 267 Å². The average Bonchev–Trinajstić information content (AvgIpc) is 3.44. The van der Waals surface area contributed by atoms with Crippen LogP contribution in [0.4, 0.5) is 0 Å². The van der Waals surface area contributed by atoms with Crippen molar-refractivity contribution in [3.05, 3.63) is 86.0 Å². The molecular formula is C42H61Si. The summed E-state index contributed by atoms with van der Waals surface area (Å²) in [4.78, 5) is 0. The van der Waals surface area contributed by atoms with Crippen LogP contribution in [0.1, 0.15) is 155 Å². The molecule has 0 saturated heterocycles. The zero-order chi connectivity index (χ0) is 31.9. The molecule has 0 bridgehead atoms. The van der Waals surface area contributed by atoms with Crippen LogP contribution in [-0.2, 0) is 17.3 Å². The Bertz CT molecular complexity index is 1430. The Morgan fingerprint density at radius 1 is 0.860 bits per heavy atom. The topological polar surface area (TPSA) is 0 Å². The van der Waals surface area contributed by atoms with Gasteiger partial charge in [0.05, 0.1) is 8.80 Å². The van der Waals surface area contributed by atoms with Gasteiger partial charge in [-0.2, -0.15) is 0 Å². The van der Waals surface area contributed by atoms with E-state index in [0.29, 0.717) is 11.8 Å². The zero-order valence-corrected chi connectivity index (χ0v) is 31.1. The quantitative estimate of drug-likeness (QED) is 0.190. The van der Waals surface area contributed by atoms with Gasteiger partial charge in [-0.1, -0.05) is 154 Å². The zero-order valence-electron chi connectivity index (χ0n) is 30.1. The number of benzene rings is 2. The lowest BCUT2D eigenvalue weighted by molar-refractivity contribution is 0.548. The second-order valence-corrected chi connectivity index (χ2v) is 18.7. The molecule has 2 aromatic rings. The minimum atomic E-state index is -0.855. The van der Waals surface area contributed by atoms with E-state index in [1.54, 1.807) is 49.7 Å². The first-order valence-corrected chi connectivity index (χ1v) is 19.2. The average molecular weight is 594 g/mol. The third-order valence-electron chi connectivity index (χ3n) is 10.5. The van der Waals surface area contributed by atoms with Gasteiger partial charge >= 0.3 is 0 Å². The highest BCUT2D eigenvalue weighted by atomic mass is 28.3. The van der Waals surface area contributed by atoms with E-state index in [1.807, 2.05) is 0 Å². The van der Waals surface area contributed by atoms with E-state index in [1.165, 1.54) is 54.5 Å². The highest BCUT2D eigenvalue weighted by molar-refractivity contribution is 6.74. The van der Waals surface area contributed by atoms with Crippen molar-refractivity contribution in [1.29, 1.82) is 0 Å². The lowest BCUT2D eigenvalue weighted by atomic mass is 9.70. The molecule has 0 nitrogen and oxygen atoms in total. The van der Waals surface area contributed by atoms with Crippen molar-refractivity contribution in [1.82, 2.24) is 0 Å². The standard InChI is InChI=1S/C42H61Si/c1-14-15-16-19-22-43(26-36-30(6)28(4)29(5)31(36)7)37-25-35(34-23-32-20-17-18-21-33(32)24-34)39(41(8,9)10)38(27(2)3)40(37)42(11,12)13/h17-18,20-21,23,25,27,30H,14-16,19,22,24,26H2,1-13H3. The predicted octanol–water partition coefficient (Wildman–Crippen LogP) is 12.1. The molecule has 0 fully saturated rings. The van der Waals surface area contributed by atoms with Crippen molar-refractivity contribution in [2.45, 2.75) is 151 Å². The Kier molecular flexibility index (Phi) is 10.3. The molecule has 233 valence electrons. The van der Waals surface area contributed by atoms with E-state index in [4.69, 9.17) is 0 Å². The second-order valence-electron chi connectivity index (χ2n) is 16.1. The van der Waals surface area contributed by atoms with Crippen molar-refractivity contribution >= 4 is 25.6 Å². The fraction of sp³-hybridized carbons (Fsp3) is 0.571. The molecule has 0 spiro atoms. The van der Waals surface area contributed by atoms with E-state index >= 15 is 0 Å². The lowest BCUT2D eigenvalue weighted by Crippen LogP contribution is -2.41. The summed E-state index contributed by atoms with van der Waals surface area (Å²) in [6, 6.07) is 14.5. The van der Waals surface area contributed by atoms with Crippen LogP contribution in [0.3, 0.4) is 0 Å². The molecule has 1 heteroatoms. The van der Waals surface area contributed by atoms with Gasteiger partial charge in [-0.3, -0.25) is 0 Å². The van der Waals surface area contributed by atoms with Crippen LogP contribution in [0.25, 0.3) is 11.6 Å². The molecule has 0 heterocycles. The summed E-state index contributed by atoms with van der Waals surface area (Å²) in [6.45, 7) is 31.7. The van der Waals surface area contributed by atoms with E-state index in [-0.39, 0.29) is 10.8 Å². The molecular weight excluding hydrogens is 533 g/mol. The molecule has 1 atom stereocenters. The third-order valence-corrected chi connectivity index (χ3v) is 13.4. The van der Waals surface area contributed by atoms with E-state index in [0.717, 1.165) is 6.42 Å². The van der Waals surface area contributed by atoms with Gasteiger partial charge in [-0.15, -0.1) is 0 Å². The molecule has 0 aromatic heterocycles. The van der Waals surface area contributed by atoms with E-state index in [9.17, 15) is 0 Å². The van der Waals surface area contributed by atoms with Crippen molar-refractivity contribution in [3.63, 3.8) is 0 Å². The van der Waals surface area contributed by atoms with Crippen LogP contribution in [0, 0.1) is 5.92 Å². The highest BCUT2D eigenvalue weighted by Gasteiger charge is 2.36. The molecule has 0 aliphatic heterocycles. The normalized spacial score (nSPS) is 17.6. The van der Waals surface area contributed by atoms with Crippen LogP contribution in [0.2, 0.25) is 12.1 Å². The first-order valence-electron chi connectivity index (χ1n) is 17.3. The summed E-state index contributed by atoms with van der Waals surface area (Å²) in [6.07, 6.45) is 8.95. The number of hydrogen-bond donors (Lipinski definition) is 0. The number of unbranched alkanes of at least 4 members (excludes halogenated alkanes) is 3. The molecule has 0 amide bonds. The maximum Gasteiger partial charge on any atom is 0.0903 e. The van der Waals surface area contributed by atoms with Crippen molar-refractivity contribution in [2.24, 2.45) is 5.92 Å². The van der Waals surface area contributed by atoms with Gasteiger partial charge < -0.3 is 0 Å². The molecule has 0 saturated carbocycles. The summed E-state index contributed by atoms with van der Waals surface area (Å²) >= 11 is 0. The SMILES string of the molecule is CCCCCC[Si](CC1=C(C)C(C)=C(C)C1C)c1cc(C2=Cc3ccccc3C2)c(C(C)(C)C)c(C(C)C)c1C(C)(C)C. The van der Waals surface area contributed by atoms with Crippen LogP contribution < -0.4 is 5.19 Å². The number of rotatable bonds is 10. The van der Waals surface area contributed by atoms with E-state index in [2.05, 4.69) is 126 Å². The summed E-state index contributed by atoms with van der Waals surface area (Å²) in [5.41, 5.74) is 17.5. The minimum absolute atomic E-state index is 0.0638. The van der Waals surface area contributed by atoms with Gasteiger partial charge in [0.1, 0.15) is 0 Å². The summed E-state index contributed by atoms with van der Waals surface area (Å²) in [5.74, 6) is 1.06. The van der Waals surface area contributed by atoms with Crippen LogP contribution >= 0.6 is 0 Å². The molecule has 1 radical (unpaired) electrons. The largest absolute Gasteiger partial charge is 0.0903 e. The van der Waals surface area contributed by atoms with Crippen molar-refractivity contribution in [2.75, 3.05) is 0 Å². The van der Waals surface area contributed by atoms with Gasteiger partial charge in [0.25, 0.3) is 0 Å². The Balaban J connectivity index is 2.01. The lowest BCUT2D eigenvalue weighted by Gasteiger charge is -2.38. The Morgan fingerprint density at radius 2 is 1.51 bits per heavy atom. The molecule has 43 heavy (non-hydrogen) atoms. The minimum Gasteiger partial charge on any atom is -0.0654 e. The fourth-order valence-corrected chi connectivity index (χ4v) is 11.5. The summed E-state index contributed by atoms with van der Waals surface area (Å²) in [5, 5.41) is 1.74. The molecule has 4 rings (SSSR count). The molecule has 0 N–H and O–H groups in total. The van der Waals surface area contributed by atoms with Gasteiger partial charge in [-0.05, 0) is 106 Å². The van der Waals surface area contributed by atoms with Gasteiger partial charge in [-0.25, -0.2) is 0 Å². The fourth-order valence-electron chi connectivity index (χ4n) is 7.93. The van der Waals surface area contributed by atoms with Crippen molar-refractivity contribution in [3.8, 4) is 0 Å². The second kappa shape index (κ2) is 13.1. The maximum absolute atomic E-state index is 2.77. The summed E-state index contributed by atoms with van der Waals surface area (Å²) in [7, 11) is -0.855. The monoisotopic (exact) mass is 593 g/mol. The van der Waals surface area contributed by atoms with Crippen molar-refractivity contribution < 1.29 is 0 Å². The molecule has 2 aliphatic rings. The smallest absolute Gasteiger partial charge is 0.0654 e. The Morgan fingerprint density at radius 3 is 2.05 bits per heavy atom. The maximum atomic E-state index is 2.77. The van der Waals surface area contributed by atoms with Crippen LogP contribution in [-0.4, -0.2) is 8.80 Å². The molecule has 1 unspecified atom stereocenters. The first-order chi connectivity index (χ1) is 20.1. The van der Waals surface area contributed by atoms with Gasteiger partial charge in [0.2, 0.25) is 0 Å². The summed E-state index contributed by atoms with van der Waals surface area (Å²) < 4.78 is 0. The van der Waals surface area contributed by atoms with E-state index < -0.39 is 8.80 Å². The van der Waals surface area contributed by atoms with Crippen LogP contribution in [0.5, 0.6) is 0 Å². The number of hydrogen-bond acceptors (Lipinski definition) is 0. The Hall–Kier alpha value is -2.12. The van der Waals surface area contributed by atoms with Crippen LogP contribution in [0.15, 0.2) is 52.6 Å². The molecule has 2 aliphatic carbocycles. The molecule has 2 aromatic carbocycles. The van der Waals surface area contributed by atoms with Gasteiger partial charge in [0.15, 0.2) is 0 Å². The highest BCUT2D eigenvalue weighted by Crippen LogP contribution is 2.45.